The van der Waals surface area contributed by atoms with Crippen LogP contribution in [0, 0.1) is 0 Å². The van der Waals surface area contributed by atoms with Crippen LogP contribution in [0.4, 0.5) is 11.4 Å². The summed E-state index contributed by atoms with van der Waals surface area (Å²) in [5, 5.41) is 8.90. The number of ether oxygens (including phenoxy) is 1. The van der Waals surface area contributed by atoms with E-state index in [1.165, 1.54) is 0 Å². The molecule has 0 unspecified atom stereocenters. The zero-order valence-electron chi connectivity index (χ0n) is 18.8. The first-order valence-electron chi connectivity index (χ1n) is 11.1. The highest BCUT2D eigenvalue weighted by molar-refractivity contribution is 6.30. The number of rotatable bonds is 8. The van der Waals surface area contributed by atoms with E-state index in [2.05, 4.69) is 10.6 Å². The van der Waals surface area contributed by atoms with Gasteiger partial charge in [-0.1, -0.05) is 66.2 Å². The van der Waals surface area contributed by atoms with Crippen molar-refractivity contribution in [2.45, 2.75) is 19.4 Å². The molecule has 0 saturated heterocycles. The number of nitrogens with one attached hydrogen (secondary N) is 2. The van der Waals surface area contributed by atoms with E-state index >= 15 is 0 Å². The summed E-state index contributed by atoms with van der Waals surface area (Å²) in [6.07, 6.45) is -0.188. The standard InChI is InChI=1S/C28H25ClN2O3/c1-19(27(32)31-24-15-12-21-6-2-3-7-22(21)18-24)34-28(33)25-8-4-5-9-26(25)30-17-16-20-10-13-23(29)14-11-20/h2-15,18-19,30H,16-17H2,1H3,(H,31,32)/t19-/m1/s1. The third-order valence-corrected chi connectivity index (χ3v) is 5.71. The second kappa shape index (κ2) is 10.9. The minimum absolute atomic E-state index is 0.379. The molecule has 0 aliphatic carbocycles. The maximum atomic E-state index is 12.8. The molecule has 2 N–H and O–H groups in total. The normalized spacial score (nSPS) is 11.6. The molecule has 0 fully saturated rings. The molecule has 0 bridgehead atoms. The summed E-state index contributed by atoms with van der Waals surface area (Å²) in [5.41, 5.74) is 2.82. The number of halogens is 1. The summed E-state index contributed by atoms with van der Waals surface area (Å²) in [6, 6.07) is 28.3. The summed E-state index contributed by atoms with van der Waals surface area (Å²) in [4.78, 5) is 25.5. The van der Waals surface area contributed by atoms with E-state index in [1.54, 1.807) is 19.1 Å². The average molecular weight is 473 g/mol. The Balaban J connectivity index is 1.35. The Hall–Kier alpha value is -3.83. The van der Waals surface area contributed by atoms with Gasteiger partial charge in [0.05, 0.1) is 5.56 Å². The van der Waals surface area contributed by atoms with E-state index in [9.17, 15) is 9.59 Å². The molecule has 6 heteroatoms. The Morgan fingerprint density at radius 1 is 0.882 bits per heavy atom. The van der Waals surface area contributed by atoms with Gasteiger partial charge in [-0.15, -0.1) is 0 Å². The number of hydrogen-bond acceptors (Lipinski definition) is 4. The second-order valence-corrected chi connectivity index (χ2v) is 8.38. The van der Waals surface area contributed by atoms with Gasteiger partial charge in [-0.3, -0.25) is 4.79 Å². The molecule has 0 spiro atoms. The van der Waals surface area contributed by atoms with Gasteiger partial charge in [0.2, 0.25) is 0 Å². The predicted octanol–water partition coefficient (Wildman–Crippen LogP) is 6.33. The highest BCUT2D eigenvalue weighted by Gasteiger charge is 2.21. The van der Waals surface area contributed by atoms with Crippen molar-refractivity contribution in [2.24, 2.45) is 0 Å². The Morgan fingerprint density at radius 3 is 2.38 bits per heavy atom. The Labute approximate surface area is 203 Å². The lowest BCUT2D eigenvalue weighted by Crippen LogP contribution is -2.30. The molecule has 0 saturated carbocycles. The van der Waals surface area contributed by atoms with Gasteiger partial charge in [0.15, 0.2) is 6.10 Å². The highest BCUT2D eigenvalue weighted by atomic mass is 35.5. The molecule has 4 aromatic rings. The second-order valence-electron chi connectivity index (χ2n) is 7.95. The molecule has 0 aliphatic heterocycles. The summed E-state index contributed by atoms with van der Waals surface area (Å²) < 4.78 is 5.47. The van der Waals surface area contributed by atoms with Crippen LogP contribution in [-0.2, 0) is 16.0 Å². The SMILES string of the molecule is C[C@@H](OC(=O)c1ccccc1NCCc1ccc(Cl)cc1)C(=O)Nc1ccc2ccccc2c1. The summed E-state index contributed by atoms with van der Waals surface area (Å²) in [6.45, 7) is 2.19. The zero-order chi connectivity index (χ0) is 23.9. The van der Waals surface area contributed by atoms with Crippen LogP contribution in [0.5, 0.6) is 0 Å². The number of para-hydroxylation sites is 1. The molecule has 4 rings (SSSR count). The van der Waals surface area contributed by atoms with Gasteiger partial charge in [-0.2, -0.15) is 0 Å². The molecular formula is C28H25ClN2O3. The van der Waals surface area contributed by atoms with Crippen molar-refractivity contribution in [3.05, 3.63) is 107 Å². The smallest absolute Gasteiger partial charge is 0.341 e. The number of benzene rings is 4. The lowest BCUT2D eigenvalue weighted by atomic mass is 10.1. The lowest BCUT2D eigenvalue weighted by molar-refractivity contribution is -0.123. The van der Waals surface area contributed by atoms with Crippen LogP contribution >= 0.6 is 11.6 Å². The van der Waals surface area contributed by atoms with E-state index < -0.39 is 18.0 Å². The number of carbonyl (C=O) groups excluding carboxylic acids is 2. The molecular weight excluding hydrogens is 448 g/mol. The Morgan fingerprint density at radius 2 is 1.59 bits per heavy atom. The molecule has 172 valence electrons. The van der Waals surface area contributed by atoms with E-state index in [0.717, 1.165) is 22.8 Å². The number of esters is 1. The molecule has 34 heavy (non-hydrogen) atoms. The summed E-state index contributed by atoms with van der Waals surface area (Å²) in [5.74, 6) is -0.951. The number of amides is 1. The van der Waals surface area contributed by atoms with Crippen LogP contribution in [0.25, 0.3) is 10.8 Å². The first kappa shape index (κ1) is 23.3. The zero-order valence-corrected chi connectivity index (χ0v) is 19.5. The first-order chi connectivity index (χ1) is 16.5. The first-order valence-corrected chi connectivity index (χ1v) is 11.5. The third-order valence-electron chi connectivity index (χ3n) is 5.46. The fourth-order valence-corrected chi connectivity index (χ4v) is 3.72. The Kier molecular flexibility index (Phi) is 7.45. The Bertz CT molecular complexity index is 1300. The largest absolute Gasteiger partial charge is 0.449 e. The van der Waals surface area contributed by atoms with E-state index in [1.807, 2.05) is 78.9 Å². The lowest BCUT2D eigenvalue weighted by Gasteiger charge is -2.16. The van der Waals surface area contributed by atoms with E-state index in [-0.39, 0.29) is 0 Å². The molecule has 0 radical (unpaired) electrons. The van der Waals surface area contributed by atoms with Crippen molar-refractivity contribution in [3.8, 4) is 0 Å². The average Bonchev–Trinajstić information content (AvgIpc) is 2.85. The molecule has 1 atom stereocenters. The number of anilines is 2. The molecule has 0 heterocycles. The predicted molar refractivity (Wildman–Crippen MR) is 138 cm³/mol. The van der Waals surface area contributed by atoms with Crippen molar-refractivity contribution < 1.29 is 14.3 Å². The molecule has 4 aromatic carbocycles. The van der Waals surface area contributed by atoms with Gasteiger partial charge in [0.1, 0.15) is 0 Å². The summed E-state index contributed by atoms with van der Waals surface area (Å²) in [7, 11) is 0. The highest BCUT2D eigenvalue weighted by Crippen LogP contribution is 2.20. The molecule has 1 amide bonds. The topological polar surface area (TPSA) is 67.4 Å². The monoisotopic (exact) mass is 472 g/mol. The quantitative estimate of drug-likeness (QED) is 0.294. The van der Waals surface area contributed by atoms with Crippen molar-refractivity contribution >= 4 is 45.6 Å². The number of fused-ring (bicyclic) bond motifs is 1. The van der Waals surface area contributed by atoms with E-state index in [0.29, 0.717) is 28.5 Å². The van der Waals surface area contributed by atoms with Gasteiger partial charge >= 0.3 is 5.97 Å². The van der Waals surface area contributed by atoms with Crippen molar-refractivity contribution in [3.63, 3.8) is 0 Å². The van der Waals surface area contributed by atoms with Crippen LogP contribution in [0.1, 0.15) is 22.8 Å². The minimum Gasteiger partial charge on any atom is -0.449 e. The van der Waals surface area contributed by atoms with Crippen molar-refractivity contribution in [1.29, 1.82) is 0 Å². The number of carbonyl (C=O) groups is 2. The molecule has 5 nitrogen and oxygen atoms in total. The third kappa shape index (κ3) is 5.94. The van der Waals surface area contributed by atoms with Crippen LogP contribution in [0.15, 0.2) is 91.0 Å². The fourth-order valence-electron chi connectivity index (χ4n) is 3.60. The van der Waals surface area contributed by atoms with Crippen molar-refractivity contribution in [1.82, 2.24) is 0 Å². The van der Waals surface area contributed by atoms with Crippen LogP contribution in [0.2, 0.25) is 5.02 Å². The maximum absolute atomic E-state index is 12.8. The maximum Gasteiger partial charge on any atom is 0.341 e. The van der Waals surface area contributed by atoms with Gasteiger partial charge in [0, 0.05) is 22.9 Å². The van der Waals surface area contributed by atoms with Crippen LogP contribution in [-0.4, -0.2) is 24.5 Å². The van der Waals surface area contributed by atoms with E-state index in [4.69, 9.17) is 16.3 Å². The van der Waals surface area contributed by atoms with Gasteiger partial charge in [0.25, 0.3) is 5.91 Å². The molecule has 0 aromatic heterocycles. The van der Waals surface area contributed by atoms with Crippen LogP contribution < -0.4 is 10.6 Å². The minimum atomic E-state index is -0.957. The fraction of sp³-hybridized carbons (Fsp3) is 0.143. The summed E-state index contributed by atoms with van der Waals surface area (Å²) >= 11 is 5.93. The number of hydrogen-bond donors (Lipinski definition) is 2. The van der Waals surface area contributed by atoms with Crippen LogP contribution in [0.3, 0.4) is 0 Å². The van der Waals surface area contributed by atoms with Gasteiger partial charge in [-0.25, -0.2) is 4.79 Å². The molecule has 0 aliphatic rings. The van der Waals surface area contributed by atoms with Gasteiger partial charge < -0.3 is 15.4 Å². The van der Waals surface area contributed by atoms with Gasteiger partial charge in [-0.05, 0) is 66.1 Å². The van der Waals surface area contributed by atoms with Crippen molar-refractivity contribution in [2.75, 3.05) is 17.2 Å².